The molecule has 0 bridgehead atoms. The first-order valence-corrected chi connectivity index (χ1v) is 18.9. The molecule has 0 radical (unpaired) electrons. The Morgan fingerprint density at radius 2 is 1.96 bits per heavy atom. The topological polar surface area (TPSA) is 160 Å². The Morgan fingerprint density at radius 1 is 1.20 bits per heavy atom. The number of aryl methyl sites for hydroxylation is 1. The Bertz CT molecular complexity index is 1680. The van der Waals surface area contributed by atoms with Crippen LogP contribution < -0.4 is 9.46 Å². The molecule has 0 saturated carbocycles. The molecule has 0 aliphatic carbocycles. The molecule has 3 heterocycles. The van der Waals surface area contributed by atoms with Gasteiger partial charge in [0, 0.05) is 51.6 Å². The lowest BCUT2D eigenvalue weighted by Gasteiger charge is -2.35. The molecule has 13 nitrogen and oxygen atoms in total. The molecular weight excluding hydrogens is 655 g/mol. The van der Waals surface area contributed by atoms with Gasteiger partial charge in [-0.15, -0.1) is 11.3 Å². The van der Waals surface area contributed by atoms with Crippen molar-refractivity contribution in [3.05, 3.63) is 53.8 Å². The highest BCUT2D eigenvalue weighted by molar-refractivity contribution is 7.94. The summed E-state index contributed by atoms with van der Waals surface area (Å²) >= 11 is 1.08. The molecular formula is C30H43N5O8S3. The highest BCUT2D eigenvalue weighted by Gasteiger charge is 2.33. The summed E-state index contributed by atoms with van der Waals surface area (Å²) in [5.41, 5.74) is 0.320. The second-order valence-corrected chi connectivity index (χ2v) is 16.6. The average Bonchev–Trinajstić information content (AvgIpc) is 3.72. The zero-order valence-corrected chi connectivity index (χ0v) is 29.1. The minimum Gasteiger partial charge on any atom is -0.490 e. The number of rotatable bonds is 9. The molecule has 3 aromatic rings. The molecule has 1 amide bonds. The second kappa shape index (κ2) is 15.3. The summed E-state index contributed by atoms with van der Waals surface area (Å²) in [5.74, 6) is -0.547. The van der Waals surface area contributed by atoms with Crippen molar-refractivity contribution in [2.75, 3.05) is 38.1 Å². The van der Waals surface area contributed by atoms with E-state index in [-0.39, 0.29) is 52.2 Å². The van der Waals surface area contributed by atoms with Gasteiger partial charge in [-0.2, -0.15) is 4.31 Å². The van der Waals surface area contributed by atoms with E-state index in [4.69, 9.17) is 9.47 Å². The van der Waals surface area contributed by atoms with Gasteiger partial charge in [-0.1, -0.05) is 13.0 Å². The van der Waals surface area contributed by atoms with Gasteiger partial charge in [0.1, 0.15) is 9.96 Å². The summed E-state index contributed by atoms with van der Waals surface area (Å²) in [7, 11) is -4.62. The Morgan fingerprint density at radius 3 is 2.61 bits per heavy atom. The predicted molar refractivity (Wildman–Crippen MR) is 175 cm³/mol. The van der Waals surface area contributed by atoms with Crippen molar-refractivity contribution >= 4 is 43.0 Å². The third-order valence-corrected chi connectivity index (χ3v) is 12.3. The van der Waals surface area contributed by atoms with Gasteiger partial charge in [0.2, 0.25) is 0 Å². The monoisotopic (exact) mass is 697 g/mol. The van der Waals surface area contributed by atoms with Crippen LogP contribution in [-0.4, -0.2) is 98.2 Å². The molecule has 2 aromatic heterocycles. The van der Waals surface area contributed by atoms with Crippen molar-refractivity contribution < 1.29 is 36.2 Å². The highest BCUT2D eigenvalue weighted by atomic mass is 32.2. The largest absolute Gasteiger partial charge is 0.490 e. The number of carbonyl (C=O) groups excluding carboxylic acids is 1. The summed E-state index contributed by atoms with van der Waals surface area (Å²) in [6.07, 6.45) is 4.12. The van der Waals surface area contributed by atoms with Crippen LogP contribution in [0.2, 0.25) is 0 Å². The van der Waals surface area contributed by atoms with E-state index < -0.39 is 38.1 Å². The van der Waals surface area contributed by atoms with Crippen molar-refractivity contribution in [1.82, 2.24) is 18.8 Å². The lowest BCUT2D eigenvalue weighted by atomic mass is 10.0. The van der Waals surface area contributed by atoms with E-state index in [0.29, 0.717) is 25.2 Å². The number of sulfonamides is 2. The molecule has 1 aliphatic rings. The number of amides is 1. The molecule has 0 unspecified atom stereocenters. The number of thiophene rings is 1. The van der Waals surface area contributed by atoms with Crippen LogP contribution in [0, 0.1) is 5.92 Å². The fourth-order valence-electron chi connectivity index (χ4n) is 5.10. The fraction of sp³-hybridized carbons (Fsp3) is 0.533. The highest BCUT2D eigenvalue weighted by Crippen LogP contribution is 2.30. The van der Waals surface area contributed by atoms with Crippen LogP contribution in [0.15, 0.2) is 57.5 Å². The number of likely N-dealkylation sites (N-methyl/N-ethyl adjacent to an activating group) is 1. The first-order chi connectivity index (χ1) is 21.7. The van der Waals surface area contributed by atoms with Crippen LogP contribution in [-0.2, 0) is 31.8 Å². The molecule has 4 atom stereocenters. The zero-order chi connectivity index (χ0) is 33.6. The minimum atomic E-state index is -3.90. The Balaban J connectivity index is 1.67. The maximum atomic E-state index is 14.3. The van der Waals surface area contributed by atoms with Crippen LogP contribution >= 0.6 is 11.3 Å². The SMILES string of the molecule is C[C@H]1CCCCO[C@H](CN(C)S(=O)(=O)c2cn(C)cn2)[C@@H](C)CN([C@@H](C)CO)C(=O)c2cc(NS(=O)(=O)c3cccs3)ccc2O1. The summed E-state index contributed by atoms with van der Waals surface area (Å²) < 4.78 is 70.4. The number of aliphatic hydroxyl groups excluding tert-OH is 1. The summed E-state index contributed by atoms with van der Waals surface area (Å²) in [6.45, 7) is 5.64. The first-order valence-electron chi connectivity index (χ1n) is 15.1. The molecule has 1 aromatic carbocycles. The number of ether oxygens (including phenoxy) is 2. The quantitative estimate of drug-likeness (QED) is 0.342. The number of aliphatic hydroxyl groups is 1. The van der Waals surface area contributed by atoms with Crippen molar-refractivity contribution in [1.29, 1.82) is 0 Å². The number of aromatic nitrogens is 2. The van der Waals surface area contributed by atoms with E-state index in [2.05, 4.69) is 9.71 Å². The van der Waals surface area contributed by atoms with Gasteiger partial charge in [0.25, 0.3) is 26.0 Å². The van der Waals surface area contributed by atoms with Gasteiger partial charge in [-0.25, -0.2) is 21.8 Å². The van der Waals surface area contributed by atoms with Crippen LogP contribution in [0.5, 0.6) is 5.75 Å². The van der Waals surface area contributed by atoms with E-state index in [9.17, 15) is 26.7 Å². The Labute approximate surface area is 275 Å². The van der Waals surface area contributed by atoms with Gasteiger partial charge >= 0.3 is 0 Å². The Hall–Kier alpha value is -3.02. The van der Waals surface area contributed by atoms with Crippen LogP contribution in [0.25, 0.3) is 0 Å². The number of nitrogens with zero attached hydrogens (tertiary/aromatic N) is 4. The summed E-state index contributed by atoms with van der Waals surface area (Å²) in [5, 5.41) is 11.8. The number of imidazole rings is 1. The molecule has 4 rings (SSSR count). The number of fused-ring (bicyclic) bond motifs is 1. The van der Waals surface area contributed by atoms with E-state index in [1.54, 1.807) is 42.1 Å². The normalized spacial score (nSPS) is 21.3. The maximum Gasteiger partial charge on any atom is 0.271 e. The van der Waals surface area contributed by atoms with E-state index in [1.165, 1.54) is 40.9 Å². The maximum absolute atomic E-state index is 14.3. The van der Waals surface area contributed by atoms with Crippen molar-refractivity contribution in [2.45, 2.75) is 67.5 Å². The third kappa shape index (κ3) is 8.66. The standard InChI is InChI=1S/C30H43N5O8S3/c1-21-16-35(22(2)19-36)30(37)25-15-24(32-45(38,39)29-10-8-14-44-29)11-12-26(25)43-23(3)9-6-7-13-42-27(21)17-34(5)46(40,41)28-18-33(4)20-31-28/h8,10-12,14-15,18,20-23,27,32,36H,6-7,9,13,16-17,19H2,1-5H3/t21-,22-,23-,27+/m0/s1. The lowest BCUT2D eigenvalue weighted by Crippen LogP contribution is -2.48. The molecule has 0 spiro atoms. The number of anilines is 1. The number of hydrogen-bond donors (Lipinski definition) is 2. The van der Waals surface area contributed by atoms with E-state index in [0.717, 1.165) is 17.8 Å². The number of nitrogens with one attached hydrogen (secondary N) is 1. The zero-order valence-electron chi connectivity index (χ0n) is 26.7. The molecule has 2 N–H and O–H groups in total. The van der Waals surface area contributed by atoms with Gasteiger partial charge in [0.15, 0.2) is 5.03 Å². The lowest BCUT2D eigenvalue weighted by molar-refractivity contribution is -0.00835. The third-order valence-electron chi connectivity index (χ3n) is 7.86. The molecule has 254 valence electrons. The molecule has 1 aliphatic heterocycles. The van der Waals surface area contributed by atoms with Gasteiger partial charge < -0.3 is 24.0 Å². The number of carbonyl (C=O) groups is 1. The van der Waals surface area contributed by atoms with Gasteiger partial charge in [0.05, 0.1) is 36.7 Å². The van der Waals surface area contributed by atoms with Crippen molar-refractivity contribution in [3.8, 4) is 5.75 Å². The fourth-order valence-corrected chi connectivity index (χ4v) is 8.29. The number of hydrogen-bond acceptors (Lipinski definition) is 10. The molecule has 16 heteroatoms. The molecule has 0 fully saturated rings. The molecule has 0 saturated heterocycles. The van der Waals surface area contributed by atoms with Gasteiger partial charge in [-0.05, 0) is 62.8 Å². The molecule has 46 heavy (non-hydrogen) atoms. The average molecular weight is 698 g/mol. The number of benzene rings is 1. The Kier molecular flexibility index (Phi) is 11.9. The van der Waals surface area contributed by atoms with Crippen LogP contribution in [0.4, 0.5) is 5.69 Å². The summed E-state index contributed by atoms with van der Waals surface area (Å²) in [4.78, 5) is 19.8. The van der Waals surface area contributed by atoms with Crippen molar-refractivity contribution in [2.24, 2.45) is 13.0 Å². The van der Waals surface area contributed by atoms with Gasteiger partial charge in [-0.3, -0.25) is 9.52 Å². The van der Waals surface area contributed by atoms with Crippen molar-refractivity contribution in [3.63, 3.8) is 0 Å². The smallest absolute Gasteiger partial charge is 0.271 e. The predicted octanol–water partition coefficient (Wildman–Crippen LogP) is 3.40. The first kappa shape index (κ1) is 35.8. The minimum absolute atomic E-state index is 0.0142. The second-order valence-electron chi connectivity index (χ2n) is 11.7. The van der Waals surface area contributed by atoms with Crippen LogP contribution in [0.1, 0.15) is 50.4 Å². The van der Waals surface area contributed by atoms with E-state index in [1.807, 2.05) is 13.8 Å². The summed E-state index contributed by atoms with van der Waals surface area (Å²) in [6, 6.07) is 7.08. The van der Waals surface area contributed by atoms with Crippen LogP contribution in [0.3, 0.4) is 0 Å². The van der Waals surface area contributed by atoms with E-state index >= 15 is 0 Å².